The van der Waals surface area contributed by atoms with Crippen LogP contribution in [0, 0.1) is 5.92 Å². The molecule has 2 aliphatic rings. The molecule has 0 amide bonds. The van der Waals surface area contributed by atoms with Crippen LogP contribution < -0.4 is 0 Å². The Bertz CT molecular complexity index is 431. The minimum absolute atomic E-state index is 0.127. The van der Waals surface area contributed by atoms with Gasteiger partial charge >= 0.3 is 11.9 Å². The zero-order valence-electron chi connectivity index (χ0n) is 10.3. The van der Waals surface area contributed by atoms with E-state index in [0.29, 0.717) is 12.8 Å². The molecule has 2 aliphatic carbocycles. The summed E-state index contributed by atoms with van der Waals surface area (Å²) in [5.41, 5.74) is 1.99. The fourth-order valence-corrected chi connectivity index (χ4v) is 2.94. The molecule has 4 heteroatoms. The normalized spacial score (nSPS) is 24.7. The molecule has 0 aliphatic heterocycles. The van der Waals surface area contributed by atoms with Crippen LogP contribution in [0.2, 0.25) is 0 Å². The van der Waals surface area contributed by atoms with Gasteiger partial charge in [-0.25, -0.2) is 4.79 Å². The topological polar surface area (TPSA) is 74.6 Å². The fraction of sp³-hybridized carbons (Fsp3) is 0.571. The van der Waals surface area contributed by atoms with Gasteiger partial charge in [-0.1, -0.05) is 6.08 Å². The van der Waals surface area contributed by atoms with Crippen molar-refractivity contribution >= 4 is 11.9 Å². The number of hydrogen-bond acceptors (Lipinski definition) is 2. The molecule has 0 aromatic carbocycles. The molecular weight excluding hydrogens is 232 g/mol. The van der Waals surface area contributed by atoms with E-state index in [1.807, 2.05) is 0 Å². The molecule has 0 heterocycles. The maximum Gasteiger partial charge on any atom is 0.332 e. The molecule has 1 atom stereocenters. The lowest BCUT2D eigenvalue weighted by molar-refractivity contribution is -0.144. The van der Waals surface area contributed by atoms with Crippen molar-refractivity contribution in [1.82, 2.24) is 0 Å². The number of carboxylic acid groups (broad SMARTS) is 2. The Balaban J connectivity index is 2.43. The van der Waals surface area contributed by atoms with E-state index in [2.05, 4.69) is 6.08 Å². The van der Waals surface area contributed by atoms with Crippen LogP contribution in [-0.4, -0.2) is 22.2 Å². The van der Waals surface area contributed by atoms with Crippen LogP contribution in [0.5, 0.6) is 0 Å². The molecule has 18 heavy (non-hydrogen) atoms. The Morgan fingerprint density at radius 2 is 1.89 bits per heavy atom. The van der Waals surface area contributed by atoms with E-state index in [9.17, 15) is 14.7 Å². The molecule has 2 rings (SSSR count). The summed E-state index contributed by atoms with van der Waals surface area (Å²) in [7, 11) is 0. The van der Waals surface area contributed by atoms with Crippen molar-refractivity contribution in [3.8, 4) is 0 Å². The Hall–Kier alpha value is -1.58. The van der Waals surface area contributed by atoms with Gasteiger partial charge in [0, 0.05) is 0 Å². The number of rotatable bonds is 3. The lowest BCUT2D eigenvalue weighted by Gasteiger charge is -2.26. The first-order valence-corrected chi connectivity index (χ1v) is 6.50. The third-order valence-corrected chi connectivity index (χ3v) is 3.80. The summed E-state index contributed by atoms with van der Waals surface area (Å²) >= 11 is 0. The smallest absolute Gasteiger partial charge is 0.332 e. The quantitative estimate of drug-likeness (QED) is 0.807. The minimum atomic E-state index is -1.07. The van der Waals surface area contributed by atoms with E-state index in [1.54, 1.807) is 0 Å². The summed E-state index contributed by atoms with van der Waals surface area (Å²) in [5.74, 6) is -2.92. The van der Waals surface area contributed by atoms with E-state index in [0.717, 1.165) is 43.3 Å². The maximum atomic E-state index is 11.4. The SMILES string of the molecule is O=C(O)C1=C(C2=CCCCC2)CCCC1C(=O)O. The third-order valence-electron chi connectivity index (χ3n) is 3.80. The van der Waals surface area contributed by atoms with Crippen LogP contribution in [-0.2, 0) is 9.59 Å². The molecular formula is C14H18O4. The van der Waals surface area contributed by atoms with Crippen LogP contribution in [0.1, 0.15) is 44.9 Å². The summed E-state index contributed by atoms with van der Waals surface area (Å²) in [4.78, 5) is 22.6. The molecule has 2 N–H and O–H groups in total. The molecule has 0 bridgehead atoms. The van der Waals surface area contributed by atoms with Crippen molar-refractivity contribution < 1.29 is 19.8 Å². The van der Waals surface area contributed by atoms with Crippen molar-refractivity contribution in [2.45, 2.75) is 44.9 Å². The van der Waals surface area contributed by atoms with Gasteiger partial charge in [-0.15, -0.1) is 0 Å². The van der Waals surface area contributed by atoms with Gasteiger partial charge in [0.2, 0.25) is 0 Å². The van der Waals surface area contributed by atoms with E-state index < -0.39 is 17.9 Å². The van der Waals surface area contributed by atoms with Gasteiger partial charge in [-0.2, -0.15) is 0 Å². The highest BCUT2D eigenvalue weighted by atomic mass is 16.4. The van der Waals surface area contributed by atoms with Crippen molar-refractivity contribution in [3.05, 3.63) is 22.8 Å². The Kier molecular flexibility index (Phi) is 3.84. The van der Waals surface area contributed by atoms with E-state index in [-0.39, 0.29) is 5.57 Å². The first-order valence-electron chi connectivity index (χ1n) is 6.50. The summed E-state index contributed by atoms with van der Waals surface area (Å²) in [5, 5.41) is 18.5. The Morgan fingerprint density at radius 3 is 2.44 bits per heavy atom. The molecule has 0 fully saturated rings. The van der Waals surface area contributed by atoms with Gasteiger partial charge in [-0.05, 0) is 56.1 Å². The van der Waals surface area contributed by atoms with Crippen molar-refractivity contribution in [2.75, 3.05) is 0 Å². The second-order valence-corrected chi connectivity index (χ2v) is 4.96. The average Bonchev–Trinajstić information content (AvgIpc) is 2.38. The Labute approximate surface area is 106 Å². The van der Waals surface area contributed by atoms with Crippen molar-refractivity contribution in [2.24, 2.45) is 5.92 Å². The summed E-state index contributed by atoms with van der Waals surface area (Å²) in [6, 6.07) is 0. The number of allylic oxidation sites excluding steroid dienone is 3. The predicted molar refractivity (Wildman–Crippen MR) is 66.2 cm³/mol. The summed E-state index contributed by atoms with van der Waals surface area (Å²) < 4.78 is 0. The standard InChI is InChI=1S/C14H18O4/c15-13(16)11-8-4-7-10(12(11)14(17)18)9-5-2-1-3-6-9/h5,11H,1-4,6-8H2,(H,15,16)(H,17,18). The number of carboxylic acids is 2. The van der Waals surface area contributed by atoms with Gasteiger partial charge in [-0.3, -0.25) is 4.79 Å². The molecule has 0 aromatic heterocycles. The van der Waals surface area contributed by atoms with Crippen molar-refractivity contribution in [1.29, 1.82) is 0 Å². The zero-order chi connectivity index (χ0) is 13.1. The van der Waals surface area contributed by atoms with Gasteiger partial charge in [0.15, 0.2) is 0 Å². The van der Waals surface area contributed by atoms with Crippen LogP contribution in [0.3, 0.4) is 0 Å². The lowest BCUT2D eigenvalue weighted by atomic mass is 9.77. The van der Waals surface area contributed by atoms with E-state index >= 15 is 0 Å². The van der Waals surface area contributed by atoms with E-state index in [4.69, 9.17) is 5.11 Å². The lowest BCUT2D eigenvalue weighted by Crippen LogP contribution is -2.26. The van der Waals surface area contributed by atoms with Crippen LogP contribution in [0.15, 0.2) is 22.8 Å². The van der Waals surface area contributed by atoms with Crippen LogP contribution in [0.4, 0.5) is 0 Å². The molecule has 1 unspecified atom stereocenters. The molecule has 0 saturated carbocycles. The maximum absolute atomic E-state index is 11.4. The highest BCUT2D eigenvalue weighted by Crippen LogP contribution is 2.37. The second-order valence-electron chi connectivity index (χ2n) is 4.96. The Morgan fingerprint density at radius 1 is 1.11 bits per heavy atom. The fourth-order valence-electron chi connectivity index (χ4n) is 2.94. The highest BCUT2D eigenvalue weighted by Gasteiger charge is 2.34. The van der Waals surface area contributed by atoms with Gasteiger partial charge < -0.3 is 10.2 Å². The number of hydrogen-bond donors (Lipinski definition) is 2. The summed E-state index contributed by atoms with van der Waals surface area (Å²) in [6.07, 6.45) is 8.07. The number of aliphatic carboxylic acids is 2. The first-order chi connectivity index (χ1) is 8.61. The average molecular weight is 250 g/mol. The van der Waals surface area contributed by atoms with Gasteiger partial charge in [0.1, 0.15) is 0 Å². The first kappa shape index (κ1) is 12.9. The third kappa shape index (κ3) is 2.47. The zero-order valence-corrected chi connectivity index (χ0v) is 10.3. The monoisotopic (exact) mass is 250 g/mol. The highest BCUT2D eigenvalue weighted by molar-refractivity contribution is 5.95. The molecule has 0 saturated heterocycles. The predicted octanol–water partition coefficient (Wildman–Crippen LogP) is 2.75. The van der Waals surface area contributed by atoms with Crippen LogP contribution >= 0.6 is 0 Å². The van der Waals surface area contributed by atoms with Crippen LogP contribution in [0.25, 0.3) is 0 Å². The van der Waals surface area contributed by atoms with E-state index in [1.165, 1.54) is 0 Å². The molecule has 98 valence electrons. The molecule has 0 spiro atoms. The summed E-state index contributed by atoms with van der Waals surface area (Å²) in [6.45, 7) is 0. The molecule has 0 aromatic rings. The number of carbonyl (C=O) groups is 2. The minimum Gasteiger partial charge on any atom is -0.481 e. The second kappa shape index (κ2) is 5.38. The molecule has 4 nitrogen and oxygen atoms in total. The molecule has 0 radical (unpaired) electrons. The van der Waals surface area contributed by atoms with Gasteiger partial charge in [0.25, 0.3) is 0 Å². The van der Waals surface area contributed by atoms with Gasteiger partial charge in [0.05, 0.1) is 11.5 Å². The largest absolute Gasteiger partial charge is 0.481 e. The van der Waals surface area contributed by atoms with Crippen molar-refractivity contribution in [3.63, 3.8) is 0 Å².